The minimum absolute atomic E-state index is 0.0829. The van der Waals surface area contributed by atoms with E-state index in [0.29, 0.717) is 17.1 Å². The zero-order valence-electron chi connectivity index (χ0n) is 12.2. The van der Waals surface area contributed by atoms with Crippen molar-refractivity contribution in [3.63, 3.8) is 0 Å². The molecule has 0 bridgehead atoms. The van der Waals surface area contributed by atoms with Gasteiger partial charge in [-0.2, -0.15) is 0 Å². The highest BCUT2D eigenvalue weighted by molar-refractivity contribution is 7.20. The largest absolute Gasteiger partial charge is 0.399 e. The van der Waals surface area contributed by atoms with Crippen LogP contribution in [0.15, 0.2) is 24.3 Å². The van der Waals surface area contributed by atoms with Crippen molar-refractivity contribution in [3.05, 3.63) is 29.1 Å². The third kappa shape index (κ3) is 3.52. The summed E-state index contributed by atoms with van der Waals surface area (Å²) in [6.07, 6.45) is 0.806. The molecule has 0 saturated carbocycles. The summed E-state index contributed by atoms with van der Waals surface area (Å²) in [5.74, 6) is -0.276. The zero-order chi connectivity index (χ0) is 15.4. The highest BCUT2D eigenvalue weighted by Gasteiger charge is 2.19. The summed E-state index contributed by atoms with van der Waals surface area (Å²) in [6.45, 7) is 2.62. The number of rotatable bonds is 5. The Kier molecular flexibility index (Phi) is 4.80. The van der Waals surface area contributed by atoms with Gasteiger partial charge in [-0.3, -0.25) is 9.59 Å². The van der Waals surface area contributed by atoms with Crippen molar-refractivity contribution in [2.75, 3.05) is 25.9 Å². The number of anilines is 1. The lowest BCUT2D eigenvalue weighted by atomic mass is 10.2. The number of nitrogens with two attached hydrogens (primary N) is 1. The average Bonchev–Trinajstić information content (AvgIpc) is 2.88. The van der Waals surface area contributed by atoms with E-state index in [1.807, 2.05) is 31.2 Å². The second-order valence-electron chi connectivity index (χ2n) is 4.81. The highest BCUT2D eigenvalue weighted by atomic mass is 32.1. The van der Waals surface area contributed by atoms with E-state index < -0.39 is 0 Å². The number of fused-ring (bicyclic) bond motifs is 1. The number of hydrogen-bond donors (Lipinski definition) is 2. The Morgan fingerprint density at radius 1 is 1.33 bits per heavy atom. The van der Waals surface area contributed by atoms with E-state index in [9.17, 15) is 9.59 Å². The molecule has 0 aliphatic rings. The molecule has 0 radical (unpaired) electrons. The van der Waals surface area contributed by atoms with Crippen molar-refractivity contribution < 1.29 is 9.59 Å². The van der Waals surface area contributed by atoms with Crippen molar-refractivity contribution in [3.8, 4) is 0 Å². The first-order valence-corrected chi connectivity index (χ1v) is 7.65. The molecule has 0 aliphatic heterocycles. The molecule has 0 saturated heterocycles. The molecule has 2 rings (SSSR count). The van der Waals surface area contributed by atoms with Crippen LogP contribution < -0.4 is 11.1 Å². The van der Waals surface area contributed by atoms with Crippen LogP contribution in [-0.2, 0) is 4.79 Å². The van der Waals surface area contributed by atoms with E-state index in [1.165, 1.54) is 11.3 Å². The van der Waals surface area contributed by atoms with Crippen molar-refractivity contribution >= 4 is 38.9 Å². The first-order valence-electron chi connectivity index (χ1n) is 6.84. The van der Waals surface area contributed by atoms with Crippen molar-refractivity contribution in [2.45, 2.75) is 13.3 Å². The minimum Gasteiger partial charge on any atom is -0.399 e. The van der Waals surface area contributed by atoms with Crippen LogP contribution in [0.2, 0.25) is 0 Å². The van der Waals surface area contributed by atoms with Crippen LogP contribution in [0.3, 0.4) is 0 Å². The van der Waals surface area contributed by atoms with Crippen LogP contribution in [0.25, 0.3) is 10.1 Å². The van der Waals surface area contributed by atoms with E-state index in [1.54, 1.807) is 11.9 Å². The molecule has 1 heterocycles. The third-order valence-corrected chi connectivity index (χ3v) is 4.25. The summed E-state index contributed by atoms with van der Waals surface area (Å²) >= 11 is 1.42. The number of nitrogen functional groups attached to an aromatic ring is 1. The molecule has 0 fully saturated rings. The van der Waals surface area contributed by atoms with Crippen LogP contribution in [0.5, 0.6) is 0 Å². The summed E-state index contributed by atoms with van der Waals surface area (Å²) in [5, 5.41) is 3.51. The zero-order valence-corrected chi connectivity index (χ0v) is 13.0. The smallest absolute Gasteiger partial charge is 0.264 e. The van der Waals surface area contributed by atoms with Gasteiger partial charge in [0.2, 0.25) is 5.91 Å². The van der Waals surface area contributed by atoms with Crippen LogP contribution in [0, 0.1) is 0 Å². The molecule has 0 spiro atoms. The number of likely N-dealkylation sites (N-methyl/N-ethyl adjacent to an activating group) is 1. The van der Waals surface area contributed by atoms with E-state index in [0.717, 1.165) is 16.5 Å². The molecule has 112 valence electrons. The highest BCUT2D eigenvalue weighted by Crippen LogP contribution is 2.28. The Morgan fingerprint density at radius 3 is 2.76 bits per heavy atom. The number of amides is 2. The number of nitrogens with one attached hydrogen (secondary N) is 1. The Balaban J connectivity index is 2.27. The van der Waals surface area contributed by atoms with Gasteiger partial charge < -0.3 is 16.0 Å². The number of thiophene rings is 1. The quantitative estimate of drug-likeness (QED) is 0.830. The summed E-state index contributed by atoms with van der Waals surface area (Å²) in [5.41, 5.74) is 6.43. The Hall–Kier alpha value is -2.08. The van der Waals surface area contributed by atoms with E-state index in [-0.39, 0.29) is 18.4 Å². The maximum Gasteiger partial charge on any atom is 0.264 e. The lowest BCUT2D eigenvalue weighted by molar-refractivity contribution is -0.121. The molecule has 3 N–H and O–H groups in total. The third-order valence-electron chi connectivity index (χ3n) is 3.15. The van der Waals surface area contributed by atoms with Gasteiger partial charge in [-0.25, -0.2) is 0 Å². The van der Waals surface area contributed by atoms with E-state index >= 15 is 0 Å². The van der Waals surface area contributed by atoms with Crippen molar-refractivity contribution in [1.82, 2.24) is 10.2 Å². The lowest BCUT2D eigenvalue weighted by Crippen LogP contribution is -2.39. The first-order chi connectivity index (χ1) is 10.0. The second kappa shape index (κ2) is 6.58. The molecule has 6 heteroatoms. The Morgan fingerprint density at radius 2 is 2.10 bits per heavy atom. The van der Waals surface area contributed by atoms with Gasteiger partial charge in [-0.15, -0.1) is 11.3 Å². The van der Waals surface area contributed by atoms with Crippen molar-refractivity contribution in [2.24, 2.45) is 0 Å². The SMILES string of the molecule is CCCN(CC(=O)NC)C(=O)c1cc2cc(N)ccc2s1. The fourth-order valence-corrected chi connectivity index (χ4v) is 3.11. The van der Waals surface area contributed by atoms with Gasteiger partial charge in [0.1, 0.15) is 0 Å². The second-order valence-corrected chi connectivity index (χ2v) is 5.89. The standard InChI is InChI=1S/C15H19N3O2S/c1-3-6-18(9-14(19)17-2)15(20)13-8-10-7-11(16)4-5-12(10)21-13/h4-5,7-8H,3,6,9,16H2,1-2H3,(H,17,19). The topological polar surface area (TPSA) is 75.4 Å². The first kappa shape index (κ1) is 15.3. The van der Waals surface area contributed by atoms with Gasteiger partial charge >= 0.3 is 0 Å². The number of nitrogens with zero attached hydrogens (tertiary/aromatic N) is 1. The lowest BCUT2D eigenvalue weighted by Gasteiger charge is -2.20. The predicted molar refractivity (Wildman–Crippen MR) is 86.5 cm³/mol. The van der Waals surface area contributed by atoms with Gasteiger partial charge in [0.05, 0.1) is 11.4 Å². The van der Waals surface area contributed by atoms with Crippen LogP contribution in [0.1, 0.15) is 23.0 Å². The predicted octanol–water partition coefficient (Wildman–Crippen LogP) is 2.08. The van der Waals surface area contributed by atoms with Gasteiger partial charge in [0.25, 0.3) is 5.91 Å². The van der Waals surface area contributed by atoms with Crippen molar-refractivity contribution in [1.29, 1.82) is 0 Å². The Labute approximate surface area is 127 Å². The van der Waals surface area contributed by atoms with Crippen LogP contribution in [0.4, 0.5) is 5.69 Å². The summed E-state index contributed by atoms with van der Waals surface area (Å²) in [7, 11) is 1.57. The molecule has 2 amide bonds. The van der Waals surface area contributed by atoms with Gasteiger partial charge in [0, 0.05) is 24.0 Å². The molecule has 1 aromatic heterocycles. The monoisotopic (exact) mass is 305 g/mol. The fraction of sp³-hybridized carbons (Fsp3) is 0.333. The summed E-state index contributed by atoms with van der Waals surface area (Å²) < 4.78 is 1.02. The molecular weight excluding hydrogens is 286 g/mol. The van der Waals surface area contributed by atoms with Gasteiger partial charge in [0.15, 0.2) is 0 Å². The number of benzene rings is 1. The number of carbonyl (C=O) groups is 2. The summed E-state index contributed by atoms with van der Waals surface area (Å²) in [4.78, 5) is 26.3. The maximum atomic E-state index is 12.6. The van der Waals surface area contributed by atoms with Gasteiger partial charge in [-0.1, -0.05) is 6.92 Å². The molecule has 0 aliphatic carbocycles. The molecule has 1 aromatic carbocycles. The number of carbonyl (C=O) groups excluding carboxylic acids is 2. The Bertz CT molecular complexity index is 666. The normalized spacial score (nSPS) is 10.6. The fourth-order valence-electron chi connectivity index (χ4n) is 2.10. The summed E-state index contributed by atoms with van der Waals surface area (Å²) in [6, 6.07) is 7.42. The van der Waals surface area contributed by atoms with Gasteiger partial charge in [-0.05, 0) is 36.1 Å². The van der Waals surface area contributed by atoms with E-state index in [4.69, 9.17) is 5.73 Å². The van der Waals surface area contributed by atoms with E-state index in [2.05, 4.69) is 5.32 Å². The van der Waals surface area contributed by atoms with Crippen LogP contribution in [-0.4, -0.2) is 36.9 Å². The van der Waals surface area contributed by atoms with Crippen LogP contribution >= 0.6 is 11.3 Å². The molecule has 5 nitrogen and oxygen atoms in total. The molecule has 2 aromatic rings. The minimum atomic E-state index is -0.165. The molecular formula is C15H19N3O2S. The molecule has 0 atom stereocenters. The average molecular weight is 305 g/mol. The maximum absolute atomic E-state index is 12.6. The number of hydrogen-bond acceptors (Lipinski definition) is 4. The molecule has 21 heavy (non-hydrogen) atoms. The molecule has 0 unspecified atom stereocenters.